The maximum absolute atomic E-state index is 14.5. The lowest BCUT2D eigenvalue weighted by Gasteiger charge is -2.39. The molecule has 0 radical (unpaired) electrons. The van der Waals surface area contributed by atoms with Gasteiger partial charge in [-0.2, -0.15) is 0 Å². The maximum atomic E-state index is 14.5. The Morgan fingerprint density at radius 1 is 0.756 bits per heavy atom. The van der Waals surface area contributed by atoms with Crippen LogP contribution in [0.3, 0.4) is 0 Å². The Kier molecular flexibility index (Phi) is 23.8. The van der Waals surface area contributed by atoms with Crippen LogP contribution in [0.4, 0.5) is 26.7 Å². The molecule has 10 N–H and O–H groups in total. The number of fused-ring (bicyclic) bond motifs is 3. The number of aryl methyl sites for hydroxylation is 1. The molecule has 6 rings (SSSR count). The Morgan fingerprint density at radius 2 is 1.40 bits per heavy atom. The molecule has 2 heterocycles. The molecule has 22 heteroatoms. The smallest absolute Gasteiger partial charge is 0.411 e. The van der Waals surface area contributed by atoms with Crippen molar-refractivity contribution in [3.05, 3.63) is 137 Å². The zero-order valence-electron chi connectivity index (χ0n) is 53.9. The quantitative estimate of drug-likeness (QED) is 0.0186. The standard InChI is InChI=1S/C68H89N11O11/c1-40(2)54(35-42(5)64(86)87)78(13)63(85)59(67(6,7)8)76-62(84)58(70-11)68(9,10)50-38-77(12)53-31-30-48(36-49(50)53)73-66(89)90-39-43-24-28-47(29-25-43)72-60(82)51(22-18-34-71-65(69)88)74-61(83)57(41(3)4)75-55(80)32-33-56(81)79-37-46-21-15-14-19-44(46)26-27-45-20-16-17-23-52(45)79/h14-17,19-21,23-31,35-36,38,40-41,51,54,57-59,70H,18,22,32-34,37,39H2,1-13H3,(H,72,82)(H,73,89)(H,74,83)(H,75,80)(H,76,84)(H,86,87)(H3,69,71,88)/b27-26-,42-35+/t51-,54+,57-,58-,59+/m0/s1. The molecule has 0 aliphatic carbocycles. The van der Waals surface area contributed by atoms with E-state index in [2.05, 4.69) is 37.2 Å². The number of hydrogen-bond donors (Lipinski definition) is 9. The van der Waals surface area contributed by atoms with Crippen molar-refractivity contribution in [2.45, 2.75) is 144 Å². The summed E-state index contributed by atoms with van der Waals surface area (Å²) in [4.78, 5) is 124. The monoisotopic (exact) mass is 1240 g/mol. The Labute approximate surface area is 527 Å². The first kappa shape index (κ1) is 69.8. The van der Waals surface area contributed by atoms with E-state index in [4.69, 9.17) is 10.5 Å². The highest BCUT2D eigenvalue weighted by atomic mass is 16.5. The normalized spacial score (nSPS) is 14.5. The summed E-state index contributed by atoms with van der Waals surface area (Å²) in [6.07, 6.45) is 6.73. The number of nitrogens with one attached hydrogen (secondary N) is 7. The molecule has 0 spiro atoms. The highest BCUT2D eigenvalue weighted by Gasteiger charge is 2.43. The van der Waals surface area contributed by atoms with Crippen LogP contribution in [0.25, 0.3) is 23.1 Å². The second-order valence-electron chi connectivity index (χ2n) is 25.2. The summed E-state index contributed by atoms with van der Waals surface area (Å²) in [6, 6.07) is 21.9. The van der Waals surface area contributed by atoms with Crippen molar-refractivity contribution >= 4 is 93.7 Å². The number of nitrogens with zero attached hydrogens (tertiary/aromatic N) is 3. The van der Waals surface area contributed by atoms with Crippen molar-refractivity contribution in [2.24, 2.45) is 30.0 Å². The molecular formula is C68H89N11O11. The molecule has 4 aromatic carbocycles. The van der Waals surface area contributed by atoms with Gasteiger partial charge in [0.05, 0.1) is 24.3 Å². The van der Waals surface area contributed by atoms with Gasteiger partial charge in [0, 0.05) is 72.9 Å². The van der Waals surface area contributed by atoms with Crippen LogP contribution in [-0.2, 0) is 63.9 Å². The van der Waals surface area contributed by atoms with Gasteiger partial charge in [-0.05, 0) is 108 Å². The summed E-state index contributed by atoms with van der Waals surface area (Å²) in [6.45, 7) is 18.5. The Morgan fingerprint density at radius 3 is 2.03 bits per heavy atom. The zero-order chi connectivity index (χ0) is 66.4. The molecule has 0 saturated carbocycles. The predicted octanol–water partition coefficient (Wildman–Crippen LogP) is 8.35. The fourth-order valence-electron chi connectivity index (χ4n) is 11.0. The molecule has 0 saturated heterocycles. The second kappa shape index (κ2) is 30.7. The van der Waals surface area contributed by atoms with Gasteiger partial charge in [-0.1, -0.05) is 135 Å². The second-order valence-corrected chi connectivity index (χ2v) is 25.2. The molecule has 0 unspecified atom stereocenters. The number of hydrogen-bond acceptors (Lipinski definition) is 11. The third-order valence-corrected chi connectivity index (χ3v) is 16.2. The SMILES string of the molecule is CN[C@@H](C(=O)N[C@H](C(=O)N(C)[C@H](/C=C(\C)C(=O)O)C(C)C)C(C)(C)C)C(C)(C)c1cn(C)c2ccc(NC(=O)OCc3ccc(NC(=O)[C@H](CCCNC(N)=O)NC(=O)[C@@H](NC(=O)CCC(=O)N4Cc5ccccc5/C=C\c5ccccc54)C(C)C)cc3)cc12. The summed E-state index contributed by atoms with van der Waals surface area (Å²) in [7, 11) is 5.16. The number of primary amides is 1. The Hall–Kier alpha value is -9.31. The van der Waals surface area contributed by atoms with E-state index in [0.29, 0.717) is 29.2 Å². The molecule has 482 valence electrons. The van der Waals surface area contributed by atoms with Crippen LogP contribution in [0.2, 0.25) is 0 Å². The topological polar surface area (TPSA) is 305 Å². The van der Waals surface area contributed by atoms with Crippen LogP contribution in [0.5, 0.6) is 0 Å². The van der Waals surface area contributed by atoms with Crippen molar-refractivity contribution in [2.75, 3.05) is 36.2 Å². The first-order valence-electron chi connectivity index (χ1n) is 30.3. The summed E-state index contributed by atoms with van der Waals surface area (Å²) < 4.78 is 7.54. The van der Waals surface area contributed by atoms with E-state index < -0.39 is 88.7 Å². The van der Waals surface area contributed by atoms with E-state index in [1.165, 1.54) is 11.8 Å². The van der Waals surface area contributed by atoms with Crippen molar-refractivity contribution in [1.82, 2.24) is 36.1 Å². The van der Waals surface area contributed by atoms with Crippen LogP contribution in [0, 0.1) is 17.3 Å². The van der Waals surface area contributed by atoms with Crippen LogP contribution >= 0.6 is 0 Å². The molecular weight excluding hydrogens is 1150 g/mol. The van der Waals surface area contributed by atoms with Crippen LogP contribution in [0.15, 0.2) is 109 Å². The van der Waals surface area contributed by atoms with Crippen molar-refractivity contribution in [3.63, 3.8) is 0 Å². The average molecular weight is 1240 g/mol. The lowest BCUT2D eigenvalue weighted by Crippen LogP contribution is -2.61. The van der Waals surface area contributed by atoms with Gasteiger partial charge < -0.3 is 61.8 Å². The molecule has 5 aromatic rings. The number of carboxylic acids is 1. The minimum absolute atomic E-state index is 0.0866. The van der Waals surface area contributed by atoms with Crippen LogP contribution in [-0.4, -0.2) is 119 Å². The summed E-state index contributed by atoms with van der Waals surface area (Å²) in [5.74, 6) is -4.41. The number of nitrogens with two attached hydrogens (primary N) is 1. The Balaban J connectivity index is 1.07. The van der Waals surface area contributed by atoms with Crippen molar-refractivity contribution in [1.29, 1.82) is 0 Å². The average Bonchev–Trinajstić information content (AvgIpc) is 1.57. The number of ether oxygens (including phenoxy) is 1. The highest BCUT2D eigenvalue weighted by Crippen LogP contribution is 2.37. The number of urea groups is 1. The van der Waals surface area contributed by atoms with E-state index >= 15 is 0 Å². The van der Waals surface area contributed by atoms with Gasteiger partial charge in [0.25, 0.3) is 0 Å². The van der Waals surface area contributed by atoms with E-state index in [-0.39, 0.29) is 62.1 Å². The maximum Gasteiger partial charge on any atom is 0.411 e. The number of carbonyl (C=O) groups is 9. The number of aliphatic carboxylic acids is 1. The molecule has 0 fully saturated rings. The molecule has 0 bridgehead atoms. The molecule has 5 atom stereocenters. The number of rotatable bonds is 26. The molecule has 1 aromatic heterocycles. The summed E-state index contributed by atoms with van der Waals surface area (Å²) >= 11 is 0. The summed E-state index contributed by atoms with van der Waals surface area (Å²) in [5, 5.41) is 30.3. The number of carbonyl (C=O) groups excluding carboxylic acids is 8. The number of para-hydroxylation sites is 1. The molecule has 90 heavy (non-hydrogen) atoms. The van der Waals surface area contributed by atoms with Gasteiger partial charge in [0.1, 0.15) is 24.7 Å². The Bertz CT molecular complexity index is 3510. The number of aromatic nitrogens is 1. The van der Waals surface area contributed by atoms with Gasteiger partial charge in [-0.15, -0.1) is 0 Å². The lowest BCUT2D eigenvalue weighted by atomic mass is 9.76. The fourth-order valence-corrected chi connectivity index (χ4v) is 11.0. The zero-order valence-corrected chi connectivity index (χ0v) is 53.9. The number of likely N-dealkylation sites (N-methyl/N-ethyl adjacent to an activating group) is 2. The van der Waals surface area contributed by atoms with Crippen molar-refractivity contribution < 1.29 is 53.0 Å². The summed E-state index contributed by atoms with van der Waals surface area (Å²) in [5.41, 5.74) is 10.2. The molecule has 9 amide bonds. The van der Waals surface area contributed by atoms with Gasteiger partial charge >= 0.3 is 18.1 Å². The third-order valence-electron chi connectivity index (χ3n) is 16.2. The molecule has 22 nitrogen and oxygen atoms in total. The largest absolute Gasteiger partial charge is 0.478 e. The predicted molar refractivity (Wildman–Crippen MR) is 350 cm³/mol. The first-order chi connectivity index (χ1) is 42.4. The third kappa shape index (κ3) is 18.2. The first-order valence-corrected chi connectivity index (χ1v) is 30.3. The van der Waals surface area contributed by atoms with Crippen LogP contribution < -0.4 is 47.9 Å². The minimum atomic E-state index is -1.12. The number of carboxylic acid groups (broad SMARTS) is 1. The van der Waals surface area contributed by atoms with Gasteiger partial charge in [0.2, 0.25) is 35.4 Å². The van der Waals surface area contributed by atoms with Crippen LogP contribution in [0.1, 0.15) is 123 Å². The minimum Gasteiger partial charge on any atom is -0.478 e. The van der Waals surface area contributed by atoms with E-state index in [1.54, 1.807) is 75.3 Å². The number of benzene rings is 4. The molecule has 1 aliphatic rings. The van der Waals surface area contributed by atoms with Crippen molar-refractivity contribution in [3.8, 4) is 0 Å². The highest BCUT2D eigenvalue weighted by molar-refractivity contribution is 6.01. The van der Waals surface area contributed by atoms with Gasteiger partial charge in [0.15, 0.2) is 0 Å². The van der Waals surface area contributed by atoms with Gasteiger partial charge in [-0.3, -0.25) is 34.1 Å². The van der Waals surface area contributed by atoms with E-state index in [9.17, 15) is 48.3 Å². The van der Waals surface area contributed by atoms with E-state index in [1.807, 2.05) is 133 Å². The number of amides is 9. The number of anilines is 3. The van der Waals surface area contributed by atoms with Gasteiger partial charge in [-0.25, -0.2) is 14.4 Å². The molecule has 1 aliphatic heterocycles. The van der Waals surface area contributed by atoms with E-state index in [0.717, 1.165) is 33.2 Å². The fraction of sp³-hybridized carbons (Fsp3) is 0.426. The lowest BCUT2D eigenvalue weighted by molar-refractivity contribution is -0.141.